The molecular weight excluding hydrogens is 281 g/mol. The van der Waals surface area contributed by atoms with Crippen LogP contribution in [-0.2, 0) is 0 Å². The van der Waals surface area contributed by atoms with Gasteiger partial charge in [0.05, 0.1) is 11.9 Å². The molecule has 6 heteroatoms. The van der Waals surface area contributed by atoms with E-state index >= 15 is 0 Å². The summed E-state index contributed by atoms with van der Waals surface area (Å²) in [7, 11) is 0. The van der Waals surface area contributed by atoms with E-state index in [1.54, 1.807) is 6.07 Å². The second-order valence-electron chi connectivity index (χ2n) is 5.84. The lowest BCUT2D eigenvalue weighted by Crippen LogP contribution is -2.37. The Hall–Kier alpha value is -1.46. The van der Waals surface area contributed by atoms with Crippen LogP contribution in [0.15, 0.2) is 18.3 Å². The van der Waals surface area contributed by atoms with Crippen molar-refractivity contribution in [3.8, 4) is 5.88 Å². The molecule has 1 heterocycles. The molecule has 0 aromatic carbocycles. The van der Waals surface area contributed by atoms with Crippen molar-refractivity contribution in [2.75, 3.05) is 11.9 Å². The highest BCUT2D eigenvalue weighted by Gasteiger charge is 2.29. The Bertz CT molecular complexity index is 437. The summed E-state index contributed by atoms with van der Waals surface area (Å²) < 4.78 is 40.7. The first-order valence-electron chi connectivity index (χ1n) is 7.27. The van der Waals surface area contributed by atoms with Crippen LogP contribution in [0.5, 0.6) is 5.88 Å². The SMILES string of the molecule is CC1CCCC(C)C1Nc1ccc(OCC(F)(F)F)nc1. The molecular formula is C15H21F3N2O. The van der Waals surface area contributed by atoms with E-state index in [-0.39, 0.29) is 5.88 Å². The van der Waals surface area contributed by atoms with Crippen LogP contribution in [0.4, 0.5) is 18.9 Å². The second-order valence-corrected chi connectivity index (χ2v) is 5.84. The Balaban J connectivity index is 1.92. The van der Waals surface area contributed by atoms with Gasteiger partial charge in [0.2, 0.25) is 5.88 Å². The lowest BCUT2D eigenvalue weighted by molar-refractivity contribution is -0.154. The molecule has 2 unspecified atom stereocenters. The summed E-state index contributed by atoms with van der Waals surface area (Å²) in [4.78, 5) is 3.91. The van der Waals surface area contributed by atoms with Crippen molar-refractivity contribution in [3.63, 3.8) is 0 Å². The summed E-state index contributed by atoms with van der Waals surface area (Å²) in [5, 5.41) is 3.44. The highest BCUT2D eigenvalue weighted by atomic mass is 19.4. The third kappa shape index (κ3) is 4.79. The molecule has 3 nitrogen and oxygen atoms in total. The number of anilines is 1. The van der Waals surface area contributed by atoms with E-state index < -0.39 is 12.8 Å². The number of nitrogens with one attached hydrogen (secondary N) is 1. The molecule has 1 saturated carbocycles. The van der Waals surface area contributed by atoms with Crippen molar-refractivity contribution in [1.82, 2.24) is 4.98 Å². The van der Waals surface area contributed by atoms with Crippen molar-refractivity contribution < 1.29 is 17.9 Å². The summed E-state index contributed by atoms with van der Waals surface area (Å²) in [6.45, 7) is 3.13. The Morgan fingerprint density at radius 1 is 1.24 bits per heavy atom. The zero-order chi connectivity index (χ0) is 15.5. The predicted molar refractivity (Wildman–Crippen MR) is 75.4 cm³/mol. The lowest BCUT2D eigenvalue weighted by Gasteiger charge is -2.35. The zero-order valence-electron chi connectivity index (χ0n) is 12.3. The van der Waals surface area contributed by atoms with Gasteiger partial charge in [-0.15, -0.1) is 0 Å². The minimum absolute atomic E-state index is 0.0115. The van der Waals surface area contributed by atoms with Gasteiger partial charge < -0.3 is 10.1 Å². The number of pyridine rings is 1. The Labute approximate surface area is 122 Å². The molecule has 118 valence electrons. The monoisotopic (exact) mass is 302 g/mol. The Morgan fingerprint density at radius 3 is 2.43 bits per heavy atom. The van der Waals surface area contributed by atoms with Crippen molar-refractivity contribution in [1.29, 1.82) is 0 Å². The molecule has 0 amide bonds. The molecule has 1 aliphatic rings. The topological polar surface area (TPSA) is 34.1 Å². The number of hydrogen-bond acceptors (Lipinski definition) is 3. The summed E-state index contributed by atoms with van der Waals surface area (Å²) in [5.41, 5.74) is 0.819. The maximum absolute atomic E-state index is 12.1. The highest BCUT2D eigenvalue weighted by molar-refractivity contribution is 5.43. The van der Waals surface area contributed by atoms with Gasteiger partial charge in [0.1, 0.15) is 0 Å². The van der Waals surface area contributed by atoms with Gasteiger partial charge in [0, 0.05) is 12.1 Å². The van der Waals surface area contributed by atoms with Crippen LogP contribution in [0, 0.1) is 11.8 Å². The number of rotatable bonds is 4. The molecule has 2 atom stereocenters. The van der Waals surface area contributed by atoms with E-state index in [1.807, 2.05) is 0 Å². The molecule has 0 aliphatic heterocycles. The van der Waals surface area contributed by atoms with E-state index in [0.29, 0.717) is 17.9 Å². The summed E-state index contributed by atoms with van der Waals surface area (Å²) in [6.07, 6.45) is 0.832. The van der Waals surface area contributed by atoms with Crippen LogP contribution < -0.4 is 10.1 Å². The molecule has 1 aromatic rings. The molecule has 1 N–H and O–H groups in total. The first-order valence-corrected chi connectivity index (χ1v) is 7.27. The standard InChI is InChI=1S/C15H21F3N2O/c1-10-4-3-5-11(2)14(10)20-12-6-7-13(19-8-12)21-9-15(16,17)18/h6-8,10-11,14,20H,3-5,9H2,1-2H3. The second kappa shape index (κ2) is 6.54. The quantitative estimate of drug-likeness (QED) is 0.902. The van der Waals surface area contributed by atoms with E-state index in [4.69, 9.17) is 0 Å². The van der Waals surface area contributed by atoms with Crippen LogP contribution in [-0.4, -0.2) is 23.8 Å². The maximum Gasteiger partial charge on any atom is 0.422 e. The van der Waals surface area contributed by atoms with Crippen molar-refractivity contribution >= 4 is 5.69 Å². The molecule has 0 radical (unpaired) electrons. The van der Waals surface area contributed by atoms with E-state index in [0.717, 1.165) is 5.69 Å². The molecule has 1 fully saturated rings. The Kier molecular flexibility index (Phi) is 4.96. The smallest absolute Gasteiger partial charge is 0.422 e. The number of aromatic nitrogens is 1. The third-order valence-corrected chi connectivity index (χ3v) is 4.00. The number of halogens is 3. The maximum atomic E-state index is 12.1. The highest BCUT2D eigenvalue weighted by Crippen LogP contribution is 2.31. The largest absolute Gasteiger partial charge is 0.468 e. The van der Waals surface area contributed by atoms with Gasteiger partial charge in [-0.1, -0.05) is 20.3 Å². The van der Waals surface area contributed by atoms with E-state index in [1.165, 1.54) is 31.5 Å². The van der Waals surface area contributed by atoms with Crippen molar-refractivity contribution in [3.05, 3.63) is 18.3 Å². The van der Waals surface area contributed by atoms with E-state index in [9.17, 15) is 13.2 Å². The van der Waals surface area contributed by atoms with Gasteiger partial charge in [-0.25, -0.2) is 4.98 Å². The van der Waals surface area contributed by atoms with Gasteiger partial charge in [0.25, 0.3) is 0 Å². The van der Waals surface area contributed by atoms with Crippen LogP contribution in [0.2, 0.25) is 0 Å². The number of hydrogen-bond donors (Lipinski definition) is 1. The summed E-state index contributed by atoms with van der Waals surface area (Å²) in [5.74, 6) is 1.15. The van der Waals surface area contributed by atoms with Crippen LogP contribution in [0.25, 0.3) is 0 Å². The number of alkyl halides is 3. The molecule has 21 heavy (non-hydrogen) atoms. The minimum atomic E-state index is -4.34. The fourth-order valence-electron chi connectivity index (χ4n) is 2.87. The first-order chi connectivity index (χ1) is 9.85. The van der Waals surface area contributed by atoms with E-state index in [2.05, 4.69) is 28.9 Å². The Morgan fingerprint density at radius 2 is 1.90 bits per heavy atom. The molecule has 0 spiro atoms. The van der Waals surface area contributed by atoms with Gasteiger partial charge >= 0.3 is 6.18 Å². The first kappa shape index (κ1) is 15.9. The number of nitrogens with zero attached hydrogens (tertiary/aromatic N) is 1. The molecule has 0 saturated heterocycles. The zero-order valence-corrected chi connectivity index (χ0v) is 12.3. The third-order valence-electron chi connectivity index (χ3n) is 4.00. The van der Waals surface area contributed by atoms with Crippen LogP contribution >= 0.6 is 0 Å². The normalized spacial score (nSPS) is 26.4. The summed E-state index contributed by atoms with van der Waals surface area (Å²) in [6, 6.07) is 3.56. The van der Waals surface area contributed by atoms with Gasteiger partial charge in [-0.2, -0.15) is 13.2 Å². The van der Waals surface area contributed by atoms with Crippen LogP contribution in [0.3, 0.4) is 0 Å². The van der Waals surface area contributed by atoms with Crippen molar-refractivity contribution in [2.24, 2.45) is 11.8 Å². The molecule has 1 aliphatic carbocycles. The fourth-order valence-corrected chi connectivity index (χ4v) is 2.87. The van der Waals surface area contributed by atoms with Crippen LogP contribution in [0.1, 0.15) is 33.1 Å². The average molecular weight is 302 g/mol. The predicted octanol–water partition coefficient (Wildman–Crippen LogP) is 4.26. The average Bonchev–Trinajstić information content (AvgIpc) is 2.41. The van der Waals surface area contributed by atoms with Gasteiger partial charge in [-0.3, -0.25) is 0 Å². The summed E-state index contributed by atoms with van der Waals surface area (Å²) >= 11 is 0. The lowest BCUT2D eigenvalue weighted by atomic mass is 9.78. The minimum Gasteiger partial charge on any atom is -0.468 e. The van der Waals surface area contributed by atoms with Gasteiger partial charge in [0.15, 0.2) is 6.61 Å². The fraction of sp³-hybridized carbons (Fsp3) is 0.667. The molecule has 1 aromatic heterocycles. The van der Waals surface area contributed by atoms with Gasteiger partial charge in [-0.05, 0) is 30.7 Å². The molecule has 0 bridgehead atoms. The van der Waals surface area contributed by atoms with Crippen molar-refractivity contribution in [2.45, 2.75) is 45.3 Å². The molecule has 2 rings (SSSR count). The number of ether oxygens (including phenoxy) is 1.